The lowest BCUT2D eigenvalue weighted by Crippen LogP contribution is -2.39. The number of amides is 2. The fourth-order valence-corrected chi connectivity index (χ4v) is 2.85. The normalized spacial score (nSPS) is 10.5. The zero-order valence-corrected chi connectivity index (χ0v) is 17.0. The summed E-state index contributed by atoms with van der Waals surface area (Å²) in [5, 5.41) is 5.67. The molecular formula is C22H27N3O4. The van der Waals surface area contributed by atoms with Crippen molar-refractivity contribution in [3.63, 3.8) is 0 Å². The largest absolute Gasteiger partial charge is 0.465 e. The second kappa shape index (κ2) is 11.0. The minimum Gasteiger partial charge on any atom is -0.465 e. The maximum absolute atomic E-state index is 12.4. The first kappa shape index (κ1) is 22.1. The third kappa shape index (κ3) is 7.04. The maximum atomic E-state index is 12.4. The molecule has 2 amide bonds. The Labute approximate surface area is 171 Å². The molecule has 154 valence electrons. The molecule has 0 spiro atoms. The molecule has 7 nitrogen and oxygen atoms in total. The summed E-state index contributed by atoms with van der Waals surface area (Å²) in [5.41, 5.74) is 2.73. The van der Waals surface area contributed by atoms with Gasteiger partial charge in [0.1, 0.15) is 0 Å². The third-order valence-corrected chi connectivity index (χ3v) is 4.28. The number of anilines is 2. The van der Waals surface area contributed by atoms with Crippen LogP contribution in [0.3, 0.4) is 0 Å². The minimum atomic E-state index is -0.434. The number of hydrogen-bond donors (Lipinski definition) is 2. The number of esters is 1. The van der Waals surface area contributed by atoms with E-state index < -0.39 is 5.97 Å². The van der Waals surface area contributed by atoms with Gasteiger partial charge in [-0.05, 0) is 55.8 Å². The van der Waals surface area contributed by atoms with E-state index in [1.54, 1.807) is 29.2 Å². The third-order valence-electron chi connectivity index (χ3n) is 4.28. The average molecular weight is 397 g/mol. The summed E-state index contributed by atoms with van der Waals surface area (Å²) >= 11 is 0. The predicted octanol–water partition coefficient (Wildman–Crippen LogP) is 3.07. The Morgan fingerprint density at radius 3 is 2.14 bits per heavy atom. The summed E-state index contributed by atoms with van der Waals surface area (Å²) in [5.74, 6) is -0.826. The lowest BCUT2D eigenvalue weighted by atomic mass is 10.2. The zero-order chi connectivity index (χ0) is 21.2. The zero-order valence-electron chi connectivity index (χ0n) is 17.0. The van der Waals surface area contributed by atoms with E-state index in [0.717, 1.165) is 17.7 Å². The van der Waals surface area contributed by atoms with Crippen LogP contribution in [0.1, 0.15) is 29.3 Å². The van der Waals surface area contributed by atoms with Crippen LogP contribution in [0.5, 0.6) is 0 Å². The number of methoxy groups -OCH3 is 1. The van der Waals surface area contributed by atoms with E-state index in [-0.39, 0.29) is 24.9 Å². The van der Waals surface area contributed by atoms with Crippen LogP contribution in [0.4, 0.5) is 11.4 Å². The second-order valence-electron chi connectivity index (χ2n) is 6.69. The Bertz CT molecular complexity index is 849. The average Bonchev–Trinajstić information content (AvgIpc) is 2.69. The summed E-state index contributed by atoms with van der Waals surface area (Å²) in [6, 6.07) is 14.0. The number of aryl methyl sites for hydroxylation is 1. The lowest BCUT2D eigenvalue weighted by Gasteiger charge is -2.21. The topological polar surface area (TPSA) is 87.7 Å². The molecule has 0 heterocycles. The van der Waals surface area contributed by atoms with Crippen molar-refractivity contribution in [2.75, 3.05) is 37.4 Å². The van der Waals surface area contributed by atoms with Gasteiger partial charge in [-0.15, -0.1) is 0 Å². The van der Waals surface area contributed by atoms with Gasteiger partial charge < -0.3 is 15.4 Å². The molecule has 2 aromatic rings. The Hall–Kier alpha value is -3.19. The predicted molar refractivity (Wildman–Crippen MR) is 113 cm³/mol. The first-order valence-corrected chi connectivity index (χ1v) is 9.49. The quantitative estimate of drug-likeness (QED) is 0.635. The number of carbonyl (C=O) groups excluding carboxylic acids is 3. The first-order valence-electron chi connectivity index (χ1n) is 9.49. The molecule has 2 aromatic carbocycles. The highest BCUT2D eigenvalue weighted by Gasteiger charge is 2.15. The molecule has 0 saturated heterocycles. The maximum Gasteiger partial charge on any atom is 0.337 e. The molecule has 29 heavy (non-hydrogen) atoms. The number of carbonyl (C=O) groups is 3. The van der Waals surface area contributed by atoms with Crippen LogP contribution < -0.4 is 10.6 Å². The SMILES string of the molecule is CCCN(CC(=O)Nc1ccc(C(=O)OC)cc1)CC(=O)Nc1ccccc1C. The van der Waals surface area contributed by atoms with Gasteiger partial charge in [0.15, 0.2) is 0 Å². The molecular weight excluding hydrogens is 370 g/mol. The fraction of sp³-hybridized carbons (Fsp3) is 0.318. The monoisotopic (exact) mass is 397 g/mol. The van der Waals surface area contributed by atoms with E-state index in [2.05, 4.69) is 15.4 Å². The first-order chi connectivity index (χ1) is 13.9. The molecule has 0 radical (unpaired) electrons. The van der Waals surface area contributed by atoms with Crippen LogP contribution >= 0.6 is 0 Å². The van der Waals surface area contributed by atoms with E-state index in [1.807, 2.05) is 38.1 Å². The van der Waals surface area contributed by atoms with Gasteiger partial charge in [-0.3, -0.25) is 14.5 Å². The van der Waals surface area contributed by atoms with E-state index >= 15 is 0 Å². The Balaban J connectivity index is 1.91. The number of hydrogen-bond acceptors (Lipinski definition) is 5. The van der Waals surface area contributed by atoms with Crippen LogP contribution in [0, 0.1) is 6.92 Å². The number of nitrogens with zero attached hydrogens (tertiary/aromatic N) is 1. The van der Waals surface area contributed by atoms with Gasteiger partial charge in [-0.25, -0.2) is 4.79 Å². The number of rotatable bonds is 9. The van der Waals surface area contributed by atoms with Gasteiger partial charge >= 0.3 is 5.97 Å². The molecule has 0 unspecified atom stereocenters. The summed E-state index contributed by atoms with van der Waals surface area (Å²) in [6.07, 6.45) is 0.818. The highest BCUT2D eigenvalue weighted by atomic mass is 16.5. The van der Waals surface area contributed by atoms with E-state index in [4.69, 9.17) is 0 Å². The highest BCUT2D eigenvalue weighted by molar-refractivity contribution is 5.95. The molecule has 0 aliphatic rings. The van der Waals surface area contributed by atoms with Crippen molar-refractivity contribution in [3.8, 4) is 0 Å². The smallest absolute Gasteiger partial charge is 0.337 e. The van der Waals surface area contributed by atoms with Crippen LogP contribution in [0.25, 0.3) is 0 Å². The number of ether oxygens (including phenoxy) is 1. The summed E-state index contributed by atoms with van der Waals surface area (Å²) in [6.45, 7) is 4.76. The Kier molecular flexibility index (Phi) is 8.36. The van der Waals surface area contributed by atoms with Gasteiger partial charge in [-0.1, -0.05) is 25.1 Å². The molecule has 7 heteroatoms. The second-order valence-corrected chi connectivity index (χ2v) is 6.69. The Morgan fingerprint density at radius 1 is 0.931 bits per heavy atom. The van der Waals surface area contributed by atoms with E-state index in [1.165, 1.54) is 7.11 Å². The van der Waals surface area contributed by atoms with Crippen molar-refractivity contribution in [2.24, 2.45) is 0 Å². The molecule has 0 fully saturated rings. The molecule has 0 aliphatic carbocycles. The van der Waals surface area contributed by atoms with Gasteiger partial charge in [0.05, 0.1) is 25.8 Å². The molecule has 0 bridgehead atoms. The number of para-hydroxylation sites is 1. The van der Waals surface area contributed by atoms with E-state index in [9.17, 15) is 14.4 Å². The van der Waals surface area contributed by atoms with Crippen LogP contribution in [-0.4, -0.2) is 49.4 Å². The van der Waals surface area contributed by atoms with Crippen molar-refractivity contribution >= 4 is 29.2 Å². The molecule has 0 aliphatic heterocycles. The van der Waals surface area contributed by atoms with Crippen LogP contribution in [0.2, 0.25) is 0 Å². The molecule has 0 atom stereocenters. The van der Waals surface area contributed by atoms with E-state index in [0.29, 0.717) is 17.8 Å². The minimum absolute atomic E-state index is 0.0911. The standard InChI is InChI=1S/C22H27N3O4/c1-4-13-25(15-21(27)24-19-8-6-5-7-16(19)2)14-20(26)23-18-11-9-17(10-12-18)22(28)29-3/h5-12H,4,13-15H2,1-3H3,(H,23,26)(H,24,27). The number of benzene rings is 2. The van der Waals surface area contributed by atoms with Crippen molar-refractivity contribution in [3.05, 3.63) is 59.7 Å². The summed E-state index contributed by atoms with van der Waals surface area (Å²) in [4.78, 5) is 38.0. The van der Waals surface area contributed by atoms with Crippen molar-refractivity contribution in [2.45, 2.75) is 20.3 Å². The van der Waals surface area contributed by atoms with Gasteiger partial charge in [0.25, 0.3) is 0 Å². The van der Waals surface area contributed by atoms with Crippen molar-refractivity contribution in [1.82, 2.24) is 4.90 Å². The fourth-order valence-electron chi connectivity index (χ4n) is 2.85. The van der Waals surface area contributed by atoms with Crippen molar-refractivity contribution in [1.29, 1.82) is 0 Å². The highest BCUT2D eigenvalue weighted by Crippen LogP contribution is 2.13. The van der Waals surface area contributed by atoms with Crippen molar-refractivity contribution < 1.29 is 19.1 Å². The molecule has 0 saturated carbocycles. The molecule has 2 N–H and O–H groups in total. The Morgan fingerprint density at radius 2 is 1.55 bits per heavy atom. The molecule has 0 aromatic heterocycles. The van der Waals surface area contributed by atoms with Crippen LogP contribution in [0.15, 0.2) is 48.5 Å². The van der Waals surface area contributed by atoms with Gasteiger partial charge in [0.2, 0.25) is 11.8 Å². The van der Waals surface area contributed by atoms with Gasteiger partial charge in [-0.2, -0.15) is 0 Å². The number of nitrogens with one attached hydrogen (secondary N) is 2. The van der Waals surface area contributed by atoms with Crippen LogP contribution in [-0.2, 0) is 14.3 Å². The summed E-state index contributed by atoms with van der Waals surface area (Å²) < 4.78 is 4.65. The molecule has 2 rings (SSSR count). The summed E-state index contributed by atoms with van der Waals surface area (Å²) in [7, 11) is 1.32. The lowest BCUT2D eigenvalue weighted by molar-refractivity contribution is -0.120. The van der Waals surface area contributed by atoms with Gasteiger partial charge in [0, 0.05) is 11.4 Å².